The van der Waals surface area contributed by atoms with Crippen LogP contribution in [0.2, 0.25) is 0 Å². The van der Waals surface area contributed by atoms with Crippen molar-refractivity contribution in [3.05, 3.63) is 35.7 Å². The van der Waals surface area contributed by atoms with Crippen molar-refractivity contribution in [3.8, 4) is 5.75 Å². The van der Waals surface area contributed by atoms with Crippen LogP contribution in [-0.4, -0.2) is 7.11 Å². The summed E-state index contributed by atoms with van der Waals surface area (Å²) in [7, 11) is 1.72. The van der Waals surface area contributed by atoms with E-state index in [0.29, 0.717) is 0 Å². The van der Waals surface area contributed by atoms with Gasteiger partial charge in [0, 0.05) is 0 Å². The zero-order valence-electron chi connectivity index (χ0n) is 9.72. The topological polar surface area (TPSA) is 9.23 Å². The highest BCUT2D eigenvalue weighted by molar-refractivity contribution is 5.43. The number of rotatable bonds is 2. The van der Waals surface area contributed by atoms with Crippen LogP contribution >= 0.6 is 0 Å². The van der Waals surface area contributed by atoms with Crippen LogP contribution < -0.4 is 4.74 Å². The second kappa shape index (κ2) is 4.04. The third-order valence-corrected chi connectivity index (χ3v) is 2.41. The van der Waals surface area contributed by atoms with Crippen molar-refractivity contribution in [3.63, 3.8) is 0 Å². The first-order valence-electron chi connectivity index (χ1n) is 4.97. The first-order chi connectivity index (χ1) is 6.49. The lowest BCUT2D eigenvalue weighted by Crippen LogP contribution is -2.11. The molecule has 0 heterocycles. The van der Waals surface area contributed by atoms with Crippen LogP contribution in [0, 0.1) is 6.42 Å². The summed E-state index contributed by atoms with van der Waals surface area (Å²) in [5, 5.41) is 0. The Hall–Kier alpha value is -0.980. The fourth-order valence-electron chi connectivity index (χ4n) is 1.42. The molecule has 0 atom stereocenters. The van der Waals surface area contributed by atoms with Crippen molar-refractivity contribution in [1.29, 1.82) is 0 Å². The summed E-state index contributed by atoms with van der Waals surface area (Å²) in [5.41, 5.74) is 2.64. The molecule has 0 N–H and O–H groups in total. The number of benzene rings is 1. The number of hydrogen-bond acceptors (Lipinski definition) is 1. The van der Waals surface area contributed by atoms with E-state index in [1.54, 1.807) is 7.11 Å². The van der Waals surface area contributed by atoms with Crippen LogP contribution in [0.4, 0.5) is 0 Å². The molecule has 1 aromatic carbocycles. The lowest BCUT2D eigenvalue weighted by Gasteiger charge is -2.20. The van der Waals surface area contributed by atoms with Crippen molar-refractivity contribution in [2.75, 3.05) is 7.11 Å². The van der Waals surface area contributed by atoms with Crippen molar-refractivity contribution in [2.24, 2.45) is 0 Å². The van der Waals surface area contributed by atoms with Gasteiger partial charge < -0.3 is 4.74 Å². The van der Waals surface area contributed by atoms with Gasteiger partial charge in [-0.3, -0.25) is 0 Å². The van der Waals surface area contributed by atoms with Gasteiger partial charge in [-0.15, -0.1) is 0 Å². The summed E-state index contributed by atoms with van der Waals surface area (Å²) in [6.07, 6.45) is 2.06. The molecular formula is C13H19O. The van der Waals surface area contributed by atoms with Gasteiger partial charge in [0.15, 0.2) is 0 Å². The van der Waals surface area contributed by atoms with Gasteiger partial charge in [0.25, 0.3) is 0 Å². The van der Waals surface area contributed by atoms with Gasteiger partial charge in [0.1, 0.15) is 5.75 Å². The fraction of sp³-hybridized carbons (Fsp3) is 0.462. The van der Waals surface area contributed by atoms with Gasteiger partial charge in [0.05, 0.1) is 7.11 Å². The summed E-state index contributed by atoms with van der Waals surface area (Å²) in [6, 6.07) is 6.40. The van der Waals surface area contributed by atoms with Crippen LogP contribution in [0.5, 0.6) is 5.75 Å². The van der Waals surface area contributed by atoms with Gasteiger partial charge in [0.2, 0.25) is 0 Å². The summed E-state index contributed by atoms with van der Waals surface area (Å²) < 4.78 is 5.34. The molecule has 0 fully saturated rings. The molecule has 14 heavy (non-hydrogen) atoms. The molecule has 1 radical (unpaired) electrons. The van der Waals surface area contributed by atoms with E-state index in [-0.39, 0.29) is 5.41 Å². The highest BCUT2D eigenvalue weighted by Gasteiger charge is 2.15. The van der Waals surface area contributed by atoms with Crippen molar-refractivity contribution in [2.45, 2.75) is 33.1 Å². The largest absolute Gasteiger partial charge is 0.496 e. The van der Waals surface area contributed by atoms with Gasteiger partial charge in [-0.1, -0.05) is 39.8 Å². The normalized spacial score (nSPS) is 11.5. The zero-order chi connectivity index (χ0) is 10.8. The van der Waals surface area contributed by atoms with Crippen molar-refractivity contribution < 1.29 is 4.74 Å². The number of hydrogen-bond donors (Lipinski definition) is 0. The molecule has 0 aromatic heterocycles. The van der Waals surface area contributed by atoms with Crippen LogP contribution in [0.3, 0.4) is 0 Å². The maximum Gasteiger partial charge on any atom is 0.122 e. The average Bonchev–Trinajstić information content (AvgIpc) is 2.15. The zero-order valence-corrected chi connectivity index (χ0v) is 9.72. The van der Waals surface area contributed by atoms with E-state index in [4.69, 9.17) is 4.74 Å². The third-order valence-electron chi connectivity index (χ3n) is 2.41. The standard InChI is InChI=1S/C13H19O/c1-6-10-7-8-11(13(2,3)4)9-12(10)14-5/h6-9H,1-5H3. The fourth-order valence-corrected chi connectivity index (χ4v) is 1.42. The van der Waals surface area contributed by atoms with Crippen LogP contribution in [0.25, 0.3) is 0 Å². The van der Waals surface area contributed by atoms with Crippen LogP contribution in [0.1, 0.15) is 38.8 Å². The van der Waals surface area contributed by atoms with Crippen molar-refractivity contribution in [1.82, 2.24) is 0 Å². The molecule has 0 aliphatic rings. The van der Waals surface area contributed by atoms with E-state index in [2.05, 4.69) is 45.4 Å². The van der Waals surface area contributed by atoms with Crippen LogP contribution in [0.15, 0.2) is 18.2 Å². The first kappa shape index (κ1) is 11.1. The monoisotopic (exact) mass is 191 g/mol. The quantitative estimate of drug-likeness (QED) is 0.694. The Morgan fingerprint density at radius 2 is 1.86 bits per heavy atom. The summed E-state index contributed by atoms with van der Waals surface area (Å²) in [5.74, 6) is 0.958. The molecule has 0 spiro atoms. The first-order valence-corrected chi connectivity index (χ1v) is 4.97. The van der Waals surface area contributed by atoms with Gasteiger partial charge in [-0.05, 0) is 29.0 Å². The lowest BCUT2D eigenvalue weighted by molar-refractivity contribution is 0.410. The Morgan fingerprint density at radius 3 is 2.29 bits per heavy atom. The molecule has 0 amide bonds. The van der Waals surface area contributed by atoms with Gasteiger partial charge >= 0.3 is 0 Å². The average molecular weight is 191 g/mol. The molecule has 1 heteroatoms. The maximum absolute atomic E-state index is 5.34. The highest BCUT2D eigenvalue weighted by atomic mass is 16.5. The maximum atomic E-state index is 5.34. The molecule has 0 bridgehead atoms. The van der Waals surface area contributed by atoms with E-state index in [1.807, 2.05) is 6.92 Å². The van der Waals surface area contributed by atoms with Gasteiger partial charge in [-0.2, -0.15) is 0 Å². The lowest BCUT2D eigenvalue weighted by atomic mass is 9.86. The van der Waals surface area contributed by atoms with Crippen LogP contribution in [-0.2, 0) is 5.41 Å². The smallest absolute Gasteiger partial charge is 0.122 e. The number of methoxy groups -OCH3 is 1. The van der Waals surface area contributed by atoms with Gasteiger partial charge in [-0.25, -0.2) is 0 Å². The molecule has 0 unspecified atom stereocenters. The number of ether oxygens (including phenoxy) is 1. The molecule has 0 aliphatic heterocycles. The molecule has 1 nitrogen and oxygen atoms in total. The molecular weight excluding hydrogens is 172 g/mol. The van der Waals surface area contributed by atoms with Crippen molar-refractivity contribution >= 4 is 0 Å². The molecule has 1 rings (SSSR count). The minimum Gasteiger partial charge on any atom is -0.496 e. The minimum absolute atomic E-state index is 0.180. The Bertz CT molecular complexity index is 308. The second-order valence-corrected chi connectivity index (χ2v) is 4.50. The molecule has 0 saturated carbocycles. The summed E-state index contributed by atoms with van der Waals surface area (Å²) >= 11 is 0. The van der Waals surface area contributed by atoms with E-state index >= 15 is 0 Å². The molecule has 0 saturated heterocycles. The minimum atomic E-state index is 0.180. The molecule has 77 valence electrons. The summed E-state index contributed by atoms with van der Waals surface area (Å²) in [6.45, 7) is 8.64. The molecule has 1 aromatic rings. The Kier molecular flexibility index (Phi) is 3.20. The van der Waals surface area contributed by atoms with E-state index in [0.717, 1.165) is 11.3 Å². The second-order valence-electron chi connectivity index (χ2n) is 4.50. The highest BCUT2D eigenvalue weighted by Crippen LogP contribution is 2.28. The predicted molar refractivity (Wildman–Crippen MR) is 60.8 cm³/mol. The Morgan fingerprint density at radius 1 is 1.21 bits per heavy atom. The SMILES string of the molecule is C[CH]c1ccc(C(C)(C)C)cc1OC. The predicted octanol–water partition coefficient (Wildman–Crippen LogP) is 3.56. The summed E-state index contributed by atoms with van der Waals surface area (Å²) in [4.78, 5) is 0. The van der Waals surface area contributed by atoms with E-state index in [9.17, 15) is 0 Å². The Labute approximate surface area is 87.1 Å². The van der Waals surface area contributed by atoms with E-state index in [1.165, 1.54) is 5.56 Å². The third kappa shape index (κ3) is 2.28. The Balaban J connectivity index is 3.14. The molecule has 0 aliphatic carbocycles. The van der Waals surface area contributed by atoms with E-state index < -0.39 is 0 Å².